The van der Waals surface area contributed by atoms with Crippen molar-refractivity contribution in [2.75, 3.05) is 45.5 Å². The number of amides is 2. The average molecular weight is 668 g/mol. The zero-order chi connectivity index (χ0) is 32.3. The minimum Gasteiger partial charge on any atom is -0.344 e. The van der Waals surface area contributed by atoms with Crippen LogP contribution in [-0.2, 0) is 22.6 Å². The molecular weight excluding hydrogens is 614 g/mol. The fourth-order valence-electron chi connectivity index (χ4n) is 7.81. The minimum absolute atomic E-state index is 0.0219. The quantitative estimate of drug-likeness (QED) is 0.168. The van der Waals surface area contributed by atoms with Crippen molar-refractivity contribution in [3.05, 3.63) is 70.2 Å². The molecule has 2 N–H and O–H groups in total. The fourth-order valence-corrected chi connectivity index (χ4v) is 8.50. The molecule has 5 rings (SSSR count). The molecule has 7 nitrogen and oxygen atoms in total. The van der Waals surface area contributed by atoms with E-state index < -0.39 is 6.04 Å². The predicted octanol–water partition coefficient (Wildman–Crippen LogP) is 6.47. The molecule has 1 saturated carbocycles. The standard InChI is InChI=1S/C37H54ClN5O2S/c1-3-43(46-2)20-10-9-15-35(29-11-5-4-6-12-29)41-21-23-42(24-22-41)37(45)34(25-28-16-18-31(38)19-17-28)40-36(44)26-33-32-14-8-7-13-30(32)27-39-33/h7-8,13-14,16-19,29,33-35,39H,3-6,9-12,15,20-27H2,1-2H3,(H,40,44)/t33?,34-,35?/m1/s1. The summed E-state index contributed by atoms with van der Waals surface area (Å²) in [4.78, 5) is 32.2. The van der Waals surface area contributed by atoms with E-state index in [0.29, 0.717) is 37.0 Å². The maximum atomic E-state index is 14.1. The van der Waals surface area contributed by atoms with Crippen molar-refractivity contribution in [2.24, 2.45) is 5.92 Å². The first kappa shape index (κ1) is 35.2. The van der Waals surface area contributed by atoms with Crippen LogP contribution in [-0.4, -0.2) is 83.5 Å². The fraction of sp³-hybridized carbons (Fsp3) is 0.622. The summed E-state index contributed by atoms with van der Waals surface area (Å²) in [5.74, 6) is 0.694. The lowest BCUT2D eigenvalue weighted by Crippen LogP contribution is -2.58. The third kappa shape index (κ3) is 9.72. The number of carbonyl (C=O) groups excluding carboxylic acids is 2. The van der Waals surface area contributed by atoms with Crippen molar-refractivity contribution in [3.63, 3.8) is 0 Å². The highest BCUT2D eigenvalue weighted by Gasteiger charge is 2.34. The second-order valence-electron chi connectivity index (χ2n) is 13.3. The summed E-state index contributed by atoms with van der Waals surface area (Å²) in [7, 11) is 0. The van der Waals surface area contributed by atoms with E-state index in [1.165, 1.54) is 62.5 Å². The van der Waals surface area contributed by atoms with E-state index in [2.05, 4.69) is 45.2 Å². The lowest BCUT2D eigenvalue weighted by Gasteiger charge is -2.44. The number of hydrogen-bond acceptors (Lipinski definition) is 6. The molecule has 2 aliphatic heterocycles. The summed E-state index contributed by atoms with van der Waals surface area (Å²) in [6.07, 6.45) is 13.4. The van der Waals surface area contributed by atoms with Crippen molar-refractivity contribution >= 4 is 35.4 Å². The zero-order valence-electron chi connectivity index (χ0n) is 27.9. The zero-order valence-corrected chi connectivity index (χ0v) is 29.5. The third-order valence-electron chi connectivity index (χ3n) is 10.4. The number of fused-ring (bicyclic) bond motifs is 1. The van der Waals surface area contributed by atoms with Gasteiger partial charge in [0.1, 0.15) is 6.04 Å². The van der Waals surface area contributed by atoms with Gasteiger partial charge in [-0.25, -0.2) is 0 Å². The van der Waals surface area contributed by atoms with Crippen molar-refractivity contribution in [2.45, 2.75) is 95.8 Å². The number of rotatable bonds is 15. The van der Waals surface area contributed by atoms with E-state index in [0.717, 1.165) is 44.2 Å². The Kier molecular flexibility index (Phi) is 13.7. The average Bonchev–Trinajstić information content (AvgIpc) is 3.49. The number of halogens is 1. The van der Waals surface area contributed by atoms with E-state index in [9.17, 15) is 9.59 Å². The largest absolute Gasteiger partial charge is 0.344 e. The van der Waals surface area contributed by atoms with Gasteiger partial charge in [-0.2, -0.15) is 0 Å². The first-order chi connectivity index (χ1) is 22.4. The van der Waals surface area contributed by atoms with Crippen LogP contribution in [0.4, 0.5) is 0 Å². The van der Waals surface area contributed by atoms with Crippen LogP contribution < -0.4 is 10.6 Å². The molecule has 2 aromatic carbocycles. The molecule has 0 bridgehead atoms. The molecule has 252 valence electrons. The molecule has 1 saturated heterocycles. The number of piperazine rings is 1. The summed E-state index contributed by atoms with van der Waals surface area (Å²) in [6, 6.07) is 15.8. The maximum Gasteiger partial charge on any atom is 0.245 e. The summed E-state index contributed by atoms with van der Waals surface area (Å²) in [6.45, 7) is 8.48. The molecule has 0 spiro atoms. The molecule has 46 heavy (non-hydrogen) atoms. The lowest BCUT2D eigenvalue weighted by molar-refractivity contribution is -0.138. The molecule has 2 amide bonds. The smallest absolute Gasteiger partial charge is 0.245 e. The van der Waals surface area contributed by atoms with Gasteiger partial charge < -0.3 is 15.5 Å². The number of carbonyl (C=O) groups is 2. The van der Waals surface area contributed by atoms with Gasteiger partial charge in [-0.3, -0.25) is 18.8 Å². The molecule has 3 atom stereocenters. The van der Waals surface area contributed by atoms with Gasteiger partial charge in [0.25, 0.3) is 0 Å². The molecule has 0 aromatic heterocycles. The topological polar surface area (TPSA) is 67.9 Å². The number of nitrogens with one attached hydrogen (secondary N) is 2. The number of benzene rings is 2. The van der Waals surface area contributed by atoms with Crippen LogP contribution >= 0.6 is 23.5 Å². The lowest BCUT2D eigenvalue weighted by atomic mass is 9.81. The highest BCUT2D eigenvalue weighted by Crippen LogP contribution is 2.32. The van der Waals surface area contributed by atoms with E-state index in [1.54, 1.807) is 0 Å². The highest BCUT2D eigenvalue weighted by atomic mass is 35.5. The molecule has 2 heterocycles. The Morgan fingerprint density at radius 2 is 1.76 bits per heavy atom. The van der Waals surface area contributed by atoms with Crippen molar-refractivity contribution in [1.29, 1.82) is 0 Å². The van der Waals surface area contributed by atoms with Crippen LogP contribution in [0.3, 0.4) is 0 Å². The van der Waals surface area contributed by atoms with Crippen LogP contribution in [0.15, 0.2) is 48.5 Å². The maximum absolute atomic E-state index is 14.1. The Morgan fingerprint density at radius 3 is 2.48 bits per heavy atom. The molecule has 2 aromatic rings. The van der Waals surface area contributed by atoms with Crippen molar-refractivity contribution in [3.8, 4) is 0 Å². The van der Waals surface area contributed by atoms with Crippen LogP contribution in [0.25, 0.3) is 0 Å². The molecule has 2 fully saturated rings. The van der Waals surface area contributed by atoms with Crippen LogP contribution in [0.5, 0.6) is 0 Å². The first-order valence-corrected chi connectivity index (χ1v) is 19.2. The van der Waals surface area contributed by atoms with Gasteiger partial charge >= 0.3 is 0 Å². The third-order valence-corrected chi connectivity index (χ3v) is 11.6. The molecule has 9 heteroatoms. The second kappa shape index (κ2) is 17.9. The molecule has 0 radical (unpaired) electrons. The Morgan fingerprint density at radius 1 is 1.02 bits per heavy atom. The van der Waals surface area contributed by atoms with Gasteiger partial charge in [0.15, 0.2) is 0 Å². The molecule has 3 aliphatic rings. The SMILES string of the molecule is CCN(CCCCC(C1CCCCC1)N1CCN(C(=O)[C@@H](Cc2ccc(Cl)cc2)NC(=O)CC2NCc3ccccc32)CC1)SC. The summed E-state index contributed by atoms with van der Waals surface area (Å²) in [5.41, 5.74) is 3.40. The summed E-state index contributed by atoms with van der Waals surface area (Å²) < 4.78 is 2.45. The minimum atomic E-state index is -0.607. The number of hydrogen-bond donors (Lipinski definition) is 2. The summed E-state index contributed by atoms with van der Waals surface area (Å²) in [5, 5.41) is 7.28. The number of unbranched alkanes of at least 4 members (excludes halogenated alkanes) is 1. The first-order valence-electron chi connectivity index (χ1n) is 17.6. The Hall–Kier alpha value is -2.10. The van der Waals surface area contributed by atoms with Gasteiger partial charge in [-0.1, -0.05) is 92.6 Å². The van der Waals surface area contributed by atoms with Gasteiger partial charge in [0, 0.05) is 75.8 Å². The van der Waals surface area contributed by atoms with E-state index in [4.69, 9.17) is 11.6 Å². The van der Waals surface area contributed by atoms with Crippen LogP contribution in [0.2, 0.25) is 5.02 Å². The van der Waals surface area contributed by atoms with Gasteiger partial charge in [0.2, 0.25) is 11.8 Å². The Balaban J connectivity index is 1.20. The molecule has 1 aliphatic carbocycles. The molecular formula is C37H54ClN5O2S. The van der Waals surface area contributed by atoms with Gasteiger partial charge in [-0.15, -0.1) is 0 Å². The second-order valence-corrected chi connectivity index (χ2v) is 14.6. The van der Waals surface area contributed by atoms with Crippen molar-refractivity contribution in [1.82, 2.24) is 24.7 Å². The highest BCUT2D eigenvalue weighted by molar-refractivity contribution is 7.96. The monoisotopic (exact) mass is 667 g/mol. The number of nitrogens with zero attached hydrogens (tertiary/aromatic N) is 3. The van der Waals surface area contributed by atoms with Crippen LogP contribution in [0.1, 0.15) is 87.4 Å². The Bertz CT molecular complexity index is 1240. The van der Waals surface area contributed by atoms with Gasteiger partial charge in [0.05, 0.1) is 0 Å². The van der Waals surface area contributed by atoms with E-state index in [1.807, 2.05) is 53.2 Å². The Labute approximate surface area is 286 Å². The van der Waals surface area contributed by atoms with Crippen molar-refractivity contribution < 1.29 is 9.59 Å². The molecule has 2 unspecified atom stereocenters. The van der Waals surface area contributed by atoms with E-state index in [-0.39, 0.29) is 17.9 Å². The van der Waals surface area contributed by atoms with E-state index >= 15 is 0 Å². The normalized spacial score (nSPS) is 20.4. The predicted molar refractivity (Wildman–Crippen MR) is 191 cm³/mol. The van der Waals surface area contributed by atoms with Gasteiger partial charge in [-0.05, 0) is 66.7 Å². The summed E-state index contributed by atoms with van der Waals surface area (Å²) >= 11 is 8.01. The van der Waals surface area contributed by atoms with Crippen LogP contribution in [0, 0.1) is 5.92 Å².